The van der Waals surface area contributed by atoms with Crippen LogP contribution in [0.4, 0.5) is 5.69 Å². The van der Waals surface area contributed by atoms with E-state index in [9.17, 15) is 18.0 Å². The van der Waals surface area contributed by atoms with Crippen molar-refractivity contribution >= 4 is 32.5 Å². The molecule has 1 aliphatic carbocycles. The van der Waals surface area contributed by atoms with Gasteiger partial charge < -0.3 is 15.0 Å². The molecule has 0 bridgehead atoms. The molecule has 1 amide bonds. The van der Waals surface area contributed by atoms with Gasteiger partial charge >= 0.3 is 0 Å². The highest BCUT2D eigenvalue weighted by Gasteiger charge is 2.24. The number of ether oxygens (including phenoxy) is 1. The number of benzene rings is 2. The van der Waals surface area contributed by atoms with Crippen LogP contribution in [0.5, 0.6) is 5.75 Å². The van der Waals surface area contributed by atoms with Crippen LogP contribution in [0.15, 0.2) is 58.4 Å². The van der Waals surface area contributed by atoms with Crippen molar-refractivity contribution in [1.82, 2.24) is 10.3 Å². The van der Waals surface area contributed by atoms with E-state index in [1.807, 2.05) is 6.92 Å². The molecule has 8 nitrogen and oxygen atoms in total. The maximum absolute atomic E-state index is 13.3. The molecule has 0 aliphatic heterocycles. The predicted molar refractivity (Wildman–Crippen MR) is 132 cm³/mol. The highest BCUT2D eigenvalue weighted by molar-refractivity contribution is 7.92. The number of hydrogen-bond acceptors (Lipinski definition) is 5. The maximum Gasteiger partial charge on any atom is 0.264 e. The molecular weight excluding hydrogens is 454 g/mol. The second-order valence-corrected chi connectivity index (χ2v) is 10.4. The summed E-state index contributed by atoms with van der Waals surface area (Å²) in [5.41, 5.74) is 0.398. The van der Waals surface area contributed by atoms with Crippen molar-refractivity contribution < 1.29 is 17.9 Å². The Labute approximate surface area is 199 Å². The van der Waals surface area contributed by atoms with Gasteiger partial charge in [-0.15, -0.1) is 0 Å². The van der Waals surface area contributed by atoms with Gasteiger partial charge in [-0.2, -0.15) is 0 Å². The molecule has 9 heteroatoms. The van der Waals surface area contributed by atoms with Crippen LogP contribution in [0.3, 0.4) is 0 Å². The molecule has 0 unspecified atom stereocenters. The SMILES string of the molecule is CCOc1ccc(N(C)S(=O)(=O)c2ccc3[nH]cc(C(=O)NC4CCCCC4)c(=O)c3c2)cc1. The first-order valence-electron chi connectivity index (χ1n) is 11.5. The summed E-state index contributed by atoms with van der Waals surface area (Å²) in [5.74, 6) is 0.211. The fourth-order valence-corrected chi connectivity index (χ4v) is 5.47. The Balaban J connectivity index is 1.64. The smallest absolute Gasteiger partial charge is 0.264 e. The molecule has 1 aromatic heterocycles. The number of nitrogens with one attached hydrogen (secondary N) is 2. The average Bonchev–Trinajstić information content (AvgIpc) is 2.85. The maximum atomic E-state index is 13.3. The minimum absolute atomic E-state index is 0.0208. The number of H-pyrrole nitrogens is 1. The van der Waals surface area contributed by atoms with E-state index in [4.69, 9.17) is 4.74 Å². The van der Waals surface area contributed by atoms with Gasteiger partial charge in [-0.3, -0.25) is 13.9 Å². The van der Waals surface area contributed by atoms with E-state index in [1.54, 1.807) is 30.3 Å². The van der Waals surface area contributed by atoms with Crippen LogP contribution < -0.4 is 19.8 Å². The number of fused-ring (bicyclic) bond motifs is 1. The largest absolute Gasteiger partial charge is 0.494 e. The quantitative estimate of drug-likeness (QED) is 0.531. The van der Waals surface area contributed by atoms with Crippen molar-refractivity contribution in [3.63, 3.8) is 0 Å². The molecule has 1 aliphatic rings. The Morgan fingerprint density at radius 3 is 2.50 bits per heavy atom. The lowest BCUT2D eigenvalue weighted by atomic mass is 9.95. The van der Waals surface area contributed by atoms with Gasteiger partial charge in [0.25, 0.3) is 15.9 Å². The van der Waals surface area contributed by atoms with Gasteiger partial charge in [0.1, 0.15) is 11.3 Å². The fourth-order valence-electron chi connectivity index (χ4n) is 4.25. The number of amides is 1. The molecule has 2 N–H and O–H groups in total. The molecule has 1 heterocycles. The zero-order valence-corrected chi connectivity index (χ0v) is 20.2. The summed E-state index contributed by atoms with van der Waals surface area (Å²) in [4.78, 5) is 28.8. The first kappa shape index (κ1) is 23.8. The Hall–Kier alpha value is -3.33. The number of hydrogen-bond donors (Lipinski definition) is 2. The lowest BCUT2D eigenvalue weighted by Gasteiger charge is -2.22. The minimum atomic E-state index is -3.94. The molecule has 1 fully saturated rings. The summed E-state index contributed by atoms with van der Waals surface area (Å²) in [5, 5.41) is 3.09. The van der Waals surface area contributed by atoms with Gasteiger partial charge in [-0.25, -0.2) is 8.42 Å². The normalized spacial score (nSPS) is 14.6. The Bertz CT molecular complexity index is 1340. The number of carbonyl (C=O) groups excluding carboxylic acids is 1. The summed E-state index contributed by atoms with van der Waals surface area (Å²) >= 11 is 0. The second-order valence-electron chi connectivity index (χ2n) is 8.45. The van der Waals surface area contributed by atoms with Crippen LogP contribution in [0.2, 0.25) is 0 Å². The molecule has 2 aromatic carbocycles. The van der Waals surface area contributed by atoms with Crippen LogP contribution in [-0.4, -0.2) is 39.0 Å². The number of rotatable bonds is 7. The molecule has 0 spiro atoms. The van der Waals surface area contributed by atoms with E-state index in [2.05, 4.69) is 10.3 Å². The molecular formula is C25H29N3O5S. The Kier molecular flexibility index (Phi) is 6.92. The highest BCUT2D eigenvalue weighted by Crippen LogP contribution is 2.26. The van der Waals surface area contributed by atoms with Crippen molar-refractivity contribution in [1.29, 1.82) is 0 Å². The van der Waals surface area contributed by atoms with Crippen LogP contribution in [0.1, 0.15) is 49.4 Å². The Morgan fingerprint density at radius 2 is 1.82 bits per heavy atom. The molecule has 180 valence electrons. The van der Waals surface area contributed by atoms with Gasteiger partial charge in [0.2, 0.25) is 5.43 Å². The first-order valence-corrected chi connectivity index (χ1v) is 12.9. The van der Waals surface area contributed by atoms with E-state index in [0.717, 1.165) is 36.4 Å². The zero-order chi connectivity index (χ0) is 24.3. The van der Waals surface area contributed by atoms with E-state index in [0.29, 0.717) is 23.6 Å². The number of nitrogens with zero attached hydrogens (tertiary/aromatic N) is 1. The third-order valence-corrected chi connectivity index (χ3v) is 7.99. The van der Waals surface area contributed by atoms with Crippen molar-refractivity contribution in [3.8, 4) is 5.75 Å². The topological polar surface area (TPSA) is 109 Å². The van der Waals surface area contributed by atoms with E-state index in [1.165, 1.54) is 25.4 Å². The lowest BCUT2D eigenvalue weighted by molar-refractivity contribution is 0.0926. The number of aromatic amines is 1. The summed E-state index contributed by atoms with van der Waals surface area (Å²) in [7, 11) is -2.49. The van der Waals surface area contributed by atoms with Gasteiger partial charge in [-0.05, 0) is 62.2 Å². The molecule has 3 aromatic rings. The number of pyridine rings is 1. The number of sulfonamides is 1. The van der Waals surface area contributed by atoms with Gasteiger partial charge in [0.15, 0.2) is 0 Å². The van der Waals surface area contributed by atoms with Crippen molar-refractivity contribution in [2.24, 2.45) is 0 Å². The van der Waals surface area contributed by atoms with E-state index >= 15 is 0 Å². The van der Waals surface area contributed by atoms with Gasteiger partial charge in [-0.1, -0.05) is 19.3 Å². The molecule has 0 saturated heterocycles. The van der Waals surface area contributed by atoms with Crippen LogP contribution in [0.25, 0.3) is 10.9 Å². The van der Waals surface area contributed by atoms with E-state index < -0.39 is 21.4 Å². The summed E-state index contributed by atoms with van der Waals surface area (Å²) in [6.07, 6.45) is 6.47. The average molecular weight is 484 g/mol. The summed E-state index contributed by atoms with van der Waals surface area (Å²) in [6.45, 7) is 2.39. The highest BCUT2D eigenvalue weighted by atomic mass is 32.2. The zero-order valence-electron chi connectivity index (χ0n) is 19.3. The number of aromatic nitrogens is 1. The first-order chi connectivity index (χ1) is 16.3. The monoisotopic (exact) mass is 483 g/mol. The number of anilines is 1. The van der Waals surface area contributed by atoms with Crippen LogP contribution >= 0.6 is 0 Å². The standard InChI is InChI=1S/C25H29N3O5S/c1-3-33-19-11-9-18(10-12-19)28(2)34(31,32)20-13-14-23-21(15-20)24(29)22(16-26-23)25(30)27-17-7-5-4-6-8-17/h9-17H,3-8H2,1-2H3,(H,26,29)(H,27,30). The summed E-state index contributed by atoms with van der Waals surface area (Å²) < 4.78 is 33.1. The molecule has 1 saturated carbocycles. The second kappa shape index (κ2) is 9.89. The Morgan fingerprint density at radius 1 is 1.12 bits per heavy atom. The fraction of sp³-hybridized carbons (Fsp3) is 0.360. The van der Waals surface area contributed by atoms with Crippen molar-refractivity contribution in [2.45, 2.75) is 50.0 Å². The minimum Gasteiger partial charge on any atom is -0.494 e. The van der Waals surface area contributed by atoms with Gasteiger partial charge in [0, 0.05) is 30.2 Å². The molecule has 0 radical (unpaired) electrons. The van der Waals surface area contributed by atoms with Crippen LogP contribution in [-0.2, 0) is 10.0 Å². The molecule has 0 atom stereocenters. The van der Waals surface area contributed by atoms with Crippen molar-refractivity contribution in [2.75, 3.05) is 18.0 Å². The molecule has 34 heavy (non-hydrogen) atoms. The predicted octanol–water partition coefficient (Wildman–Crippen LogP) is 3.81. The van der Waals surface area contributed by atoms with Crippen LogP contribution in [0, 0.1) is 0 Å². The molecule has 4 rings (SSSR count). The van der Waals surface area contributed by atoms with Gasteiger partial charge in [0.05, 0.1) is 17.2 Å². The van der Waals surface area contributed by atoms with E-state index in [-0.39, 0.29) is 21.9 Å². The third-order valence-electron chi connectivity index (χ3n) is 6.21. The number of carbonyl (C=O) groups is 1. The summed E-state index contributed by atoms with van der Waals surface area (Å²) in [6, 6.07) is 11.1. The van der Waals surface area contributed by atoms with Crippen molar-refractivity contribution in [3.05, 3.63) is 64.4 Å². The lowest BCUT2D eigenvalue weighted by Crippen LogP contribution is -2.38. The third kappa shape index (κ3) is 4.79.